The Labute approximate surface area is 218 Å². The van der Waals surface area contributed by atoms with Gasteiger partial charge >= 0.3 is 6.03 Å². The van der Waals surface area contributed by atoms with Crippen LogP contribution in [0.15, 0.2) is 12.3 Å². The van der Waals surface area contributed by atoms with Gasteiger partial charge in [-0.3, -0.25) is 14.6 Å². The molecule has 0 spiro atoms. The number of ether oxygens (including phenoxy) is 2. The van der Waals surface area contributed by atoms with Crippen molar-refractivity contribution in [1.29, 1.82) is 0 Å². The van der Waals surface area contributed by atoms with Crippen molar-refractivity contribution in [2.24, 2.45) is 0 Å². The summed E-state index contributed by atoms with van der Waals surface area (Å²) in [6.07, 6.45) is 6.57. The van der Waals surface area contributed by atoms with Crippen LogP contribution in [0, 0.1) is 13.8 Å². The van der Waals surface area contributed by atoms with Crippen LogP contribution >= 0.6 is 0 Å². The van der Waals surface area contributed by atoms with Crippen LogP contribution in [0.4, 0.5) is 22.2 Å². The molecule has 1 aliphatic heterocycles. The minimum absolute atomic E-state index is 0.0312. The Bertz CT molecular complexity index is 1140. The van der Waals surface area contributed by atoms with E-state index in [1.165, 1.54) is 0 Å². The van der Waals surface area contributed by atoms with E-state index in [4.69, 9.17) is 14.5 Å². The number of benzene rings is 1. The van der Waals surface area contributed by atoms with E-state index in [1.807, 2.05) is 26.8 Å². The number of fused-ring (bicyclic) bond motifs is 1. The molecule has 2 atom stereocenters. The number of rotatable bonds is 8. The van der Waals surface area contributed by atoms with Crippen molar-refractivity contribution in [2.75, 3.05) is 35.9 Å². The van der Waals surface area contributed by atoms with Crippen LogP contribution in [0.2, 0.25) is 0 Å². The summed E-state index contributed by atoms with van der Waals surface area (Å²) in [5.74, 6) is 2.38. The Morgan fingerprint density at radius 3 is 2.35 bits per heavy atom. The molecule has 0 bridgehead atoms. The zero-order valence-corrected chi connectivity index (χ0v) is 22.7. The molecular weight excluding hydrogens is 472 g/mol. The van der Waals surface area contributed by atoms with Crippen molar-refractivity contribution in [1.82, 2.24) is 15.3 Å². The first kappa shape index (κ1) is 26.5. The first-order chi connectivity index (χ1) is 17.8. The van der Waals surface area contributed by atoms with Gasteiger partial charge in [0.15, 0.2) is 0 Å². The summed E-state index contributed by atoms with van der Waals surface area (Å²) < 4.78 is 11.2. The van der Waals surface area contributed by atoms with Gasteiger partial charge in [0.1, 0.15) is 17.3 Å². The third-order valence-corrected chi connectivity index (χ3v) is 7.23. The maximum Gasteiger partial charge on any atom is 0.330 e. The summed E-state index contributed by atoms with van der Waals surface area (Å²) in [5.41, 5.74) is 3.38. The minimum atomic E-state index is -0.144. The molecule has 2 aromatic rings. The molecule has 1 aromatic carbocycles. The SMILES string of the molecule is CCCN1C(=O)N(c2c(C)c(OC)cc(OC)c2C)Cc2cnc(NC3CCCCC3NC(C)=O)nc21. The average molecular weight is 511 g/mol. The molecule has 2 unspecified atom stereocenters. The van der Waals surface area contributed by atoms with Crippen LogP contribution in [0.3, 0.4) is 0 Å². The highest BCUT2D eigenvalue weighted by atomic mass is 16.5. The molecule has 200 valence electrons. The predicted octanol–water partition coefficient (Wildman–Crippen LogP) is 4.33. The van der Waals surface area contributed by atoms with Crippen molar-refractivity contribution < 1.29 is 19.1 Å². The fourth-order valence-electron chi connectivity index (χ4n) is 5.47. The number of amides is 3. The molecule has 10 heteroatoms. The Morgan fingerprint density at radius 1 is 1.11 bits per heavy atom. The third kappa shape index (κ3) is 5.28. The lowest BCUT2D eigenvalue weighted by Crippen LogP contribution is -2.49. The number of carbonyl (C=O) groups excluding carboxylic acids is 2. The van der Waals surface area contributed by atoms with Gasteiger partial charge in [-0.15, -0.1) is 0 Å². The second kappa shape index (κ2) is 11.2. The zero-order valence-electron chi connectivity index (χ0n) is 22.7. The average Bonchev–Trinajstić information content (AvgIpc) is 2.87. The van der Waals surface area contributed by atoms with Crippen LogP contribution in [0.1, 0.15) is 62.6 Å². The molecule has 2 aliphatic rings. The van der Waals surface area contributed by atoms with E-state index < -0.39 is 0 Å². The summed E-state index contributed by atoms with van der Waals surface area (Å²) in [5, 5.41) is 6.49. The Morgan fingerprint density at radius 2 is 1.76 bits per heavy atom. The van der Waals surface area contributed by atoms with Gasteiger partial charge in [0, 0.05) is 54.5 Å². The van der Waals surface area contributed by atoms with E-state index in [-0.39, 0.29) is 24.0 Å². The summed E-state index contributed by atoms with van der Waals surface area (Å²) in [6.45, 7) is 8.35. The number of anilines is 3. The van der Waals surface area contributed by atoms with Crippen LogP contribution in [0.5, 0.6) is 11.5 Å². The van der Waals surface area contributed by atoms with Crippen molar-refractivity contribution in [3.05, 3.63) is 29.0 Å². The Balaban J connectivity index is 1.69. The van der Waals surface area contributed by atoms with E-state index in [1.54, 1.807) is 37.1 Å². The second-order valence-corrected chi connectivity index (χ2v) is 9.78. The second-order valence-electron chi connectivity index (χ2n) is 9.78. The number of hydrogen-bond donors (Lipinski definition) is 2. The predicted molar refractivity (Wildman–Crippen MR) is 144 cm³/mol. The van der Waals surface area contributed by atoms with Crippen LogP contribution in [-0.2, 0) is 11.3 Å². The highest BCUT2D eigenvalue weighted by Crippen LogP contribution is 2.41. The standard InChI is InChI=1S/C27H38N6O4/c1-7-12-32-25-19(14-28-26(31-25)30-21-11-9-8-10-20(21)29-18(4)34)15-33(27(32)35)24-16(2)22(36-5)13-23(37-6)17(24)3/h13-14,20-21H,7-12,15H2,1-6H3,(H,29,34)(H,28,30,31). The van der Waals surface area contributed by atoms with Crippen molar-refractivity contribution >= 4 is 29.4 Å². The maximum absolute atomic E-state index is 13.9. The molecule has 2 N–H and O–H groups in total. The Hall–Kier alpha value is -3.56. The fourth-order valence-corrected chi connectivity index (χ4v) is 5.47. The smallest absolute Gasteiger partial charge is 0.330 e. The molecule has 0 radical (unpaired) electrons. The highest BCUT2D eigenvalue weighted by molar-refractivity contribution is 6.06. The first-order valence-electron chi connectivity index (χ1n) is 13.0. The largest absolute Gasteiger partial charge is 0.496 e. The summed E-state index contributed by atoms with van der Waals surface area (Å²) >= 11 is 0. The molecule has 1 aromatic heterocycles. The molecule has 1 fully saturated rings. The number of nitrogens with zero attached hydrogens (tertiary/aromatic N) is 4. The van der Waals surface area contributed by atoms with E-state index in [9.17, 15) is 9.59 Å². The van der Waals surface area contributed by atoms with Crippen molar-refractivity contribution in [3.8, 4) is 11.5 Å². The van der Waals surface area contributed by atoms with Gasteiger partial charge in [0.2, 0.25) is 11.9 Å². The molecule has 1 aliphatic carbocycles. The van der Waals surface area contributed by atoms with Gasteiger partial charge in [-0.05, 0) is 33.1 Å². The molecule has 37 heavy (non-hydrogen) atoms. The van der Waals surface area contributed by atoms with Gasteiger partial charge in [0.25, 0.3) is 0 Å². The van der Waals surface area contributed by atoms with Gasteiger partial charge < -0.3 is 20.1 Å². The molecule has 1 saturated carbocycles. The molecule has 10 nitrogen and oxygen atoms in total. The zero-order chi connectivity index (χ0) is 26.7. The fraction of sp³-hybridized carbons (Fsp3) is 0.556. The molecule has 0 saturated heterocycles. The lowest BCUT2D eigenvalue weighted by Gasteiger charge is -2.38. The van der Waals surface area contributed by atoms with Crippen molar-refractivity contribution in [2.45, 2.75) is 78.4 Å². The van der Waals surface area contributed by atoms with Gasteiger partial charge in [-0.25, -0.2) is 9.78 Å². The normalized spacial score (nSPS) is 19.4. The monoisotopic (exact) mass is 510 g/mol. The first-order valence-corrected chi connectivity index (χ1v) is 13.0. The number of urea groups is 1. The number of hydrogen-bond acceptors (Lipinski definition) is 7. The van der Waals surface area contributed by atoms with Gasteiger partial charge in [-0.2, -0.15) is 4.98 Å². The Kier molecular flexibility index (Phi) is 8.04. The van der Waals surface area contributed by atoms with Crippen molar-refractivity contribution in [3.63, 3.8) is 0 Å². The van der Waals surface area contributed by atoms with Crippen LogP contribution in [-0.4, -0.2) is 54.8 Å². The molecule has 2 heterocycles. The number of aromatic nitrogens is 2. The van der Waals surface area contributed by atoms with E-state index in [2.05, 4.69) is 15.6 Å². The summed E-state index contributed by atoms with van der Waals surface area (Å²) in [6, 6.07) is 1.78. The lowest BCUT2D eigenvalue weighted by molar-refractivity contribution is -0.119. The summed E-state index contributed by atoms with van der Waals surface area (Å²) in [7, 11) is 3.23. The van der Waals surface area contributed by atoms with Gasteiger partial charge in [0.05, 0.1) is 26.5 Å². The number of carbonyl (C=O) groups is 2. The van der Waals surface area contributed by atoms with Gasteiger partial charge in [-0.1, -0.05) is 19.8 Å². The highest BCUT2D eigenvalue weighted by Gasteiger charge is 2.35. The number of methoxy groups -OCH3 is 2. The van der Waals surface area contributed by atoms with Crippen LogP contribution < -0.4 is 29.9 Å². The van der Waals surface area contributed by atoms with Crippen LogP contribution in [0.25, 0.3) is 0 Å². The maximum atomic E-state index is 13.9. The third-order valence-electron chi connectivity index (χ3n) is 7.23. The molecule has 4 rings (SSSR count). The number of nitrogens with one attached hydrogen (secondary N) is 2. The lowest BCUT2D eigenvalue weighted by atomic mass is 9.90. The van der Waals surface area contributed by atoms with E-state index in [0.29, 0.717) is 36.4 Å². The molecular formula is C27H38N6O4. The van der Waals surface area contributed by atoms with E-state index >= 15 is 0 Å². The minimum Gasteiger partial charge on any atom is -0.496 e. The summed E-state index contributed by atoms with van der Waals surface area (Å²) in [4.78, 5) is 38.5. The quantitative estimate of drug-likeness (QED) is 0.544. The van der Waals surface area contributed by atoms with E-state index in [0.717, 1.165) is 54.5 Å². The molecule has 3 amide bonds. The topological polar surface area (TPSA) is 109 Å².